The van der Waals surface area contributed by atoms with Gasteiger partial charge in [-0.3, -0.25) is 4.98 Å². The van der Waals surface area contributed by atoms with Gasteiger partial charge in [0.1, 0.15) is 17.3 Å². The molecule has 1 saturated heterocycles. The Morgan fingerprint density at radius 1 is 1.12 bits per heavy atom. The molecule has 1 unspecified atom stereocenters. The maximum Gasteiger partial charge on any atom is 0.154 e. The van der Waals surface area contributed by atoms with Gasteiger partial charge in [0, 0.05) is 31.4 Å². The Balaban J connectivity index is 1.37. The molecule has 1 fully saturated rings. The number of nitrogens with two attached hydrogens (primary N) is 1. The third-order valence-electron chi connectivity index (χ3n) is 5.95. The van der Waals surface area contributed by atoms with Crippen molar-refractivity contribution in [2.24, 2.45) is 5.73 Å². The Morgan fingerprint density at radius 2 is 1.97 bits per heavy atom. The van der Waals surface area contributed by atoms with Crippen molar-refractivity contribution in [3.63, 3.8) is 0 Å². The molecule has 1 aliphatic heterocycles. The van der Waals surface area contributed by atoms with Gasteiger partial charge in [0.2, 0.25) is 0 Å². The molecule has 1 aliphatic carbocycles. The van der Waals surface area contributed by atoms with Gasteiger partial charge in [0.25, 0.3) is 0 Å². The Bertz CT molecular complexity index is 1160. The minimum atomic E-state index is -0.487. The van der Waals surface area contributed by atoms with Gasteiger partial charge < -0.3 is 20.7 Å². The monoisotopic (exact) mass is 433 g/mol. The molecule has 0 bridgehead atoms. The van der Waals surface area contributed by atoms with E-state index in [4.69, 9.17) is 10.5 Å². The molecule has 164 valence electrons. The van der Waals surface area contributed by atoms with Gasteiger partial charge in [-0.15, -0.1) is 10.2 Å². The van der Waals surface area contributed by atoms with Crippen LogP contribution in [0.15, 0.2) is 48.7 Å². The van der Waals surface area contributed by atoms with Crippen LogP contribution in [0.1, 0.15) is 28.3 Å². The molecule has 1 atom stereocenters. The first-order valence-electron chi connectivity index (χ1n) is 10.6. The standard InChI is InChI=1S/C23H24FN7O/c1-14-4-5-26-13-18(14)17-10-15-11-20(29-30-23(15)22(25)21(17)24)28-19-3-2-16(12-27-19)31-6-8-32-9-7-31/h2-5,11-13,17H,6-10,25H2,1H3,(H,27,28,29). The highest BCUT2D eigenvalue weighted by Gasteiger charge is 2.30. The van der Waals surface area contributed by atoms with Crippen LogP contribution in [0.25, 0.3) is 5.70 Å². The molecule has 0 radical (unpaired) electrons. The van der Waals surface area contributed by atoms with Crippen molar-refractivity contribution < 1.29 is 9.13 Å². The molecule has 0 spiro atoms. The van der Waals surface area contributed by atoms with E-state index in [-0.39, 0.29) is 11.5 Å². The molecule has 2 aliphatic rings. The summed E-state index contributed by atoms with van der Waals surface area (Å²) in [5, 5.41) is 11.6. The van der Waals surface area contributed by atoms with Crippen LogP contribution in [0.2, 0.25) is 0 Å². The van der Waals surface area contributed by atoms with Crippen molar-refractivity contribution >= 4 is 23.0 Å². The quantitative estimate of drug-likeness (QED) is 0.647. The van der Waals surface area contributed by atoms with E-state index in [1.807, 2.05) is 37.4 Å². The molecule has 0 aromatic carbocycles. The molecule has 3 N–H and O–H groups in total. The number of nitrogens with one attached hydrogen (secondary N) is 1. The topological polar surface area (TPSA) is 102 Å². The molecule has 4 heterocycles. The zero-order valence-electron chi connectivity index (χ0n) is 17.8. The lowest BCUT2D eigenvalue weighted by Crippen LogP contribution is -2.36. The fourth-order valence-electron chi connectivity index (χ4n) is 4.17. The van der Waals surface area contributed by atoms with Crippen LogP contribution in [-0.4, -0.2) is 46.5 Å². The SMILES string of the molecule is Cc1ccncc1C1Cc2cc(Nc3ccc(N4CCOCC4)cn3)nnc2C(N)=C1F. The fourth-order valence-corrected chi connectivity index (χ4v) is 4.17. The third kappa shape index (κ3) is 3.87. The molecule has 3 aromatic rings. The second-order valence-electron chi connectivity index (χ2n) is 7.98. The molecular weight excluding hydrogens is 409 g/mol. The van der Waals surface area contributed by atoms with E-state index in [1.165, 1.54) is 0 Å². The number of ether oxygens (including phenoxy) is 1. The van der Waals surface area contributed by atoms with E-state index in [9.17, 15) is 0 Å². The number of hydrogen-bond acceptors (Lipinski definition) is 8. The smallest absolute Gasteiger partial charge is 0.154 e. The summed E-state index contributed by atoms with van der Waals surface area (Å²) >= 11 is 0. The summed E-state index contributed by atoms with van der Waals surface area (Å²) in [5.74, 6) is 0.316. The summed E-state index contributed by atoms with van der Waals surface area (Å²) in [6, 6.07) is 7.65. The summed E-state index contributed by atoms with van der Waals surface area (Å²) in [5.41, 5.74) is 10.2. The highest BCUT2D eigenvalue weighted by molar-refractivity contribution is 5.70. The van der Waals surface area contributed by atoms with Gasteiger partial charge in [-0.1, -0.05) is 0 Å². The number of pyridine rings is 2. The minimum Gasteiger partial charge on any atom is -0.395 e. The zero-order valence-corrected chi connectivity index (χ0v) is 17.8. The number of aromatic nitrogens is 4. The Morgan fingerprint density at radius 3 is 2.72 bits per heavy atom. The van der Waals surface area contributed by atoms with E-state index in [0.29, 0.717) is 23.8 Å². The minimum absolute atomic E-state index is 0.0338. The lowest BCUT2D eigenvalue weighted by Gasteiger charge is -2.28. The van der Waals surface area contributed by atoms with Gasteiger partial charge >= 0.3 is 0 Å². The summed E-state index contributed by atoms with van der Waals surface area (Å²) in [4.78, 5) is 10.9. The highest BCUT2D eigenvalue weighted by Crippen LogP contribution is 2.39. The molecule has 5 rings (SSSR count). The van der Waals surface area contributed by atoms with Crippen molar-refractivity contribution in [1.29, 1.82) is 0 Å². The molecule has 0 amide bonds. The first-order chi connectivity index (χ1) is 15.6. The largest absolute Gasteiger partial charge is 0.395 e. The van der Waals surface area contributed by atoms with Crippen LogP contribution in [0.3, 0.4) is 0 Å². The maximum absolute atomic E-state index is 15.0. The number of hydrogen-bond donors (Lipinski definition) is 2. The van der Waals surface area contributed by atoms with Crippen LogP contribution >= 0.6 is 0 Å². The fraction of sp³-hybridized carbons (Fsp3) is 0.304. The summed E-state index contributed by atoms with van der Waals surface area (Å²) in [6.07, 6.45) is 5.66. The Hall–Kier alpha value is -3.59. The van der Waals surface area contributed by atoms with Crippen LogP contribution in [0.5, 0.6) is 0 Å². The van der Waals surface area contributed by atoms with Crippen molar-refractivity contribution in [3.8, 4) is 0 Å². The number of aryl methyl sites for hydroxylation is 1. The van der Waals surface area contributed by atoms with Crippen LogP contribution in [0.4, 0.5) is 21.7 Å². The van der Waals surface area contributed by atoms with E-state index in [2.05, 4.69) is 30.4 Å². The van der Waals surface area contributed by atoms with Crippen LogP contribution < -0.4 is 16.0 Å². The van der Waals surface area contributed by atoms with Crippen molar-refractivity contribution in [3.05, 3.63) is 71.1 Å². The normalized spacial score (nSPS) is 18.4. The van der Waals surface area contributed by atoms with Crippen molar-refractivity contribution in [2.75, 3.05) is 36.5 Å². The summed E-state index contributed by atoms with van der Waals surface area (Å²) < 4.78 is 20.4. The predicted octanol–water partition coefficient (Wildman–Crippen LogP) is 3.09. The van der Waals surface area contributed by atoms with Crippen LogP contribution in [0, 0.1) is 6.92 Å². The lowest BCUT2D eigenvalue weighted by atomic mass is 9.84. The lowest BCUT2D eigenvalue weighted by molar-refractivity contribution is 0.122. The Kier molecular flexibility index (Phi) is 5.40. The average molecular weight is 433 g/mol. The molecular formula is C23H24FN7O. The van der Waals surface area contributed by atoms with Crippen molar-refractivity contribution in [2.45, 2.75) is 19.3 Å². The first-order valence-corrected chi connectivity index (χ1v) is 10.6. The second-order valence-corrected chi connectivity index (χ2v) is 7.98. The van der Waals surface area contributed by atoms with Crippen molar-refractivity contribution in [1.82, 2.24) is 20.2 Å². The van der Waals surface area contributed by atoms with E-state index in [1.54, 1.807) is 12.4 Å². The molecule has 3 aromatic heterocycles. The van der Waals surface area contributed by atoms with Gasteiger partial charge in [0.15, 0.2) is 5.82 Å². The van der Waals surface area contributed by atoms with E-state index in [0.717, 1.165) is 48.7 Å². The number of halogens is 1. The third-order valence-corrected chi connectivity index (χ3v) is 5.95. The Labute approximate surface area is 185 Å². The van der Waals surface area contributed by atoms with E-state index < -0.39 is 5.92 Å². The molecule has 8 nitrogen and oxygen atoms in total. The molecule has 9 heteroatoms. The first kappa shape index (κ1) is 20.3. The predicted molar refractivity (Wildman–Crippen MR) is 120 cm³/mol. The molecule has 32 heavy (non-hydrogen) atoms. The second kappa shape index (κ2) is 8.51. The number of nitrogens with zero attached hydrogens (tertiary/aromatic N) is 5. The van der Waals surface area contributed by atoms with Gasteiger partial charge in [-0.2, -0.15) is 0 Å². The maximum atomic E-state index is 15.0. The van der Waals surface area contributed by atoms with Gasteiger partial charge in [0.05, 0.1) is 30.8 Å². The number of anilines is 3. The number of rotatable bonds is 4. The van der Waals surface area contributed by atoms with E-state index >= 15 is 4.39 Å². The summed E-state index contributed by atoms with van der Waals surface area (Å²) in [6.45, 7) is 5.10. The number of allylic oxidation sites excluding steroid dienone is 1. The van der Waals surface area contributed by atoms with Gasteiger partial charge in [-0.05, 0) is 54.3 Å². The average Bonchev–Trinajstić information content (AvgIpc) is 2.83. The van der Waals surface area contributed by atoms with Crippen LogP contribution in [-0.2, 0) is 11.2 Å². The number of morpholine rings is 1. The molecule has 0 saturated carbocycles. The summed E-state index contributed by atoms with van der Waals surface area (Å²) in [7, 11) is 0. The number of fused-ring (bicyclic) bond motifs is 1. The highest BCUT2D eigenvalue weighted by atomic mass is 19.1. The van der Waals surface area contributed by atoms with Gasteiger partial charge in [-0.25, -0.2) is 9.37 Å². The zero-order chi connectivity index (χ0) is 22.1.